The maximum absolute atomic E-state index is 13.4. The number of rotatable bonds is 4. The molecule has 1 aliphatic carbocycles. The first-order chi connectivity index (χ1) is 19.3. The van der Waals surface area contributed by atoms with E-state index in [0.717, 1.165) is 40.9 Å². The molecule has 6 nitrogen and oxygen atoms in total. The average molecular weight is 718 g/mol. The largest absolute Gasteiger partial charge is 0.451 e. The van der Waals surface area contributed by atoms with Crippen LogP contribution in [-0.2, 0) is 32.1 Å². The average Bonchev–Trinajstić information content (AvgIpc) is 3.18. The van der Waals surface area contributed by atoms with Crippen molar-refractivity contribution in [3.63, 3.8) is 0 Å². The molecule has 11 heteroatoms. The number of fused-ring (bicyclic) bond motifs is 4. The number of alkyl halides is 4. The van der Waals surface area contributed by atoms with Crippen LogP contribution in [0.5, 0.6) is 0 Å². The van der Waals surface area contributed by atoms with Crippen molar-refractivity contribution in [2.24, 2.45) is 5.41 Å². The third-order valence-electron chi connectivity index (χ3n) is 9.51. The third kappa shape index (κ3) is 5.58. The Labute approximate surface area is 262 Å². The van der Waals surface area contributed by atoms with Gasteiger partial charge in [-0.15, -0.1) is 0 Å². The first kappa shape index (κ1) is 32.2. The predicted molar refractivity (Wildman–Crippen MR) is 166 cm³/mol. The van der Waals surface area contributed by atoms with Crippen molar-refractivity contribution in [1.29, 1.82) is 0 Å². The SMILES string of the molecule is CC(C)c1nc2c(c3c1[C@@H](c1cnc(C(F)(F)F)nc1)OC31CCOCC1I)[C@@H](O[Si](C)(C)C(C)(C)C)CC(C)(C)C2. The Bertz CT molecular complexity index is 1340. The second-order valence-electron chi connectivity index (χ2n) is 14.7. The van der Waals surface area contributed by atoms with Gasteiger partial charge >= 0.3 is 6.18 Å². The number of aromatic nitrogens is 3. The second-order valence-corrected chi connectivity index (χ2v) is 21.0. The summed E-state index contributed by atoms with van der Waals surface area (Å²) in [5.41, 5.74) is 4.94. The number of hydrogen-bond donors (Lipinski definition) is 0. The van der Waals surface area contributed by atoms with E-state index in [2.05, 4.69) is 94.1 Å². The zero-order valence-electron chi connectivity index (χ0n) is 26.1. The number of halogens is 4. The Balaban J connectivity index is 1.79. The number of pyridine rings is 1. The maximum atomic E-state index is 13.4. The molecule has 2 aromatic heterocycles. The Morgan fingerprint density at radius 3 is 2.29 bits per heavy atom. The summed E-state index contributed by atoms with van der Waals surface area (Å²) in [5, 5.41) is 0.0159. The minimum atomic E-state index is -4.62. The zero-order chi connectivity index (χ0) is 31.0. The Kier molecular flexibility index (Phi) is 8.24. The maximum Gasteiger partial charge on any atom is 0.451 e. The lowest BCUT2D eigenvalue weighted by Gasteiger charge is -2.47. The topological polar surface area (TPSA) is 66.4 Å². The summed E-state index contributed by atoms with van der Waals surface area (Å²) >= 11 is 2.43. The van der Waals surface area contributed by atoms with Gasteiger partial charge in [-0.05, 0) is 42.3 Å². The van der Waals surface area contributed by atoms with E-state index in [1.54, 1.807) is 0 Å². The molecule has 42 heavy (non-hydrogen) atoms. The molecule has 5 rings (SSSR count). The van der Waals surface area contributed by atoms with Crippen molar-refractivity contribution in [3.8, 4) is 0 Å². The minimum absolute atomic E-state index is 0.0117. The van der Waals surface area contributed by atoms with Crippen molar-refractivity contribution in [3.05, 3.63) is 51.9 Å². The van der Waals surface area contributed by atoms with E-state index in [-0.39, 0.29) is 26.4 Å². The van der Waals surface area contributed by atoms with Crippen LogP contribution in [0.2, 0.25) is 18.1 Å². The Morgan fingerprint density at radius 2 is 1.74 bits per heavy atom. The van der Waals surface area contributed by atoms with Crippen LogP contribution in [0.3, 0.4) is 0 Å². The molecule has 4 atom stereocenters. The molecule has 0 radical (unpaired) electrons. The summed E-state index contributed by atoms with van der Waals surface area (Å²) in [6.07, 6.45) is -0.587. The van der Waals surface area contributed by atoms with Crippen molar-refractivity contribution in [2.75, 3.05) is 13.2 Å². The van der Waals surface area contributed by atoms with Gasteiger partial charge in [0.1, 0.15) is 11.7 Å². The molecular formula is C31H43F3IN3O3Si. The fraction of sp³-hybridized carbons (Fsp3) is 0.710. The predicted octanol–water partition coefficient (Wildman–Crippen LogP) is 8.59. The van der Waals surface area contributed by atoms with E-state index in [9.17, 15) is 13.2 Å². The van der Waals surface area contributed by atoms with E-state index in [1.807, 2.05) is 0 Å². The molecule has 1 spiro atoms. The summed E-state index contributed by atoms with van der Waals surface area (Å²) in [6, 6.07) is 0. The molecule has 3 aliphatic rings. The second kappa shape index (κ2) is 10.7. The van der Waals surface area contributed by atoms with Gasteiger partial charge in [0.15, 0.2) is 8.32 Å². The number of ether oxygens (including phenoxy) is 2. The van der Waals surface area contributed by atoms with Crippen LogP contribution in [0.1, 0.15) is 119 Å². The van der Waals surface area contributed by atoms with Crippen molar-refractivity contribution in [2.45, 2.75) is 120 Å². The normalized spacial score (nSPS) is 27.8. The van der Waals surface area contributed by atoms with Gasteiger partial charge in [0, 0.05) is 59.1 Å². The summed E-state index contributed by atoms with van der Waals surface area (Å²) in [5.74, 6) is -1.09. The molecule has 0 aromatic carbocycles. The monoisotopic (exact) mass is 717 g/mol. The van der Waals surface area contributed by atoms with Crippen molar-refractivity contribution >= 4 is 30.9 Å². The number of hydrogen-bond acceptors (Lipinski definition) is 6. The van der Waals surface area contributed by atoms with Crippen LogP contribution in [0.4, 0.5) is 13.2 Å². The standard InChI is InChI=1S/C31H43F3IN3O3Si/c1-17(2)25-23-24(22-19(38-25)12-29(6,7)13-20(22)41-42(8,9)28(3,4)5)30(10-11-39-16-21(30)35)40-26(23)18-14-36-27(37-15-18)31(32,33)34/h14-15,17,20-21,26H,10-13,16H2,1-9H3/t20-,21?,26+,30?/m0/s1. The van der Waals surface area contributed by atoms with Gasteiger partial charge in [-0.2, -0.15) is 13.2 Å². The van der Waals surface area contributed by atoms with E-state index < -0.39 is 32.0 Å². The third-order valence-corrected chi connectivity index (χ3v) is 15.4. The van der Waals surface area contributed by atoms with E-state index in [1.165, 1.54) is 12.4 Å². The summed E-state index contributed by atoms with van der Waals surface area (Å²) in [6.45, 7) is 21.2. The highest BCUT2D eigenvalue weighted by atomic mass is 127. The molecule has 0 saturated carbocycles. The van der Waals surface area contributed by atoms with Gasteiger partial charge in [0.25, 0.3) is 0 Å². The van der Waals surface area contributed by atoms with Crippen LogP contribution < -0.4 is 0 Å². The highest BCUT2D eigenvalue weighted by molar-refractivity contribution is 14.1. The zero-order valence-corrected chi connectivity index (χ0v) is 29.2. The summed E-state index contributed by atoms with van der Waals surface area (Å²) in [7, 11) is -2.20. The van der Waals surface area contributed by atoms with E-state index in [0.29, 0.717) is 25.2 Å². The van der Waals surface area contributed by atoms with Gasteiger partial charge < -0.3 is 13.9 Å². The Hall–Kier alpha value is -1.15. The molecular weight excluding hydrogens is 674 g/mol. The molecule has 1 fully saturated rings. The van der Waals surface area contributed by atoms with Gasteiger partial charge in [0.2, 0.25) is 5.82 Å². The van der Waals surface area contributed by atoms with Gasteiger partial charge in [-0.25, -0.2) is 9.97 Å². The fourth-order valence-electron chi connectivity index (χ4n) is 6.39. The first-order valence-corrected chi connectivity index (χ1v) is 19.0. The van der Waals surface area contributed by atoms with E-state index >= 15 is 0 Å². The summed E-state index contributed by atoms with van der Waals surface area (Å²) < 4.78 is 60.3. The minimum Gasteiger partial charge on any atom is -0.410 e. The lowest BCUT2D eigenvalue weighted by molar-refractivity contribution is -0.145. The van der Waals surface area contributed by atoms with Crippen LogP contribution in [0, 0.1) is 5.41 Å². The van der Waals surface area contributed by atoms with Crippen LogP contribution >= 0.6 is 22.6 Å². The molecule has 1 saturated heterocycles. The fourth-order valence-corrected chi connectivity index (χ4v) is 8.68. The van der Waals surface area contributed by atoms with Crippen LogP contribution in [-0.4, -0.2) is 40.4 Å². The van der Waals surface area contributed by atoms with Gasteiger partial charge in [0.05, 0.1) is 16.6 Å². The van der Waals surface area contributed by atoms with E-state index in [4.69, 9.17) is 18.9 Å². The first-order valence-electron chi connectivity index (χ1n) is 14.8. The lowest BCUT2D eigenvalue weighted by atomic mass is 9.70. The highest BCUT2D eigenvalue weighted by Gasteiger charge is 2.57. The molecule has 232 valence electrons. The molecule has 0 amide bonds. The highest BCUT2D eigenvalue weighted by Crippen LogP contribution is 2.60. The van der Waals surface area contributed by atoms with Crippen LogP contribution in [0.25, 0.3) is 0 Å². The Morgan fingerprint density at radius 1 is 1.10 bits per heavy atom. The van der Waals surface area contributed by atoms with Gasteiger partial charge in [-0.3, -0.25) is 4.98 Å². The molecule has 0 bridgehead atoms. The van der Waals surface area contributed by atoms with Crippen LogP contribution in [0.15, 0.2) is 12.4 Å². The quantitative estimate of drug-likeness (QED) is 0.179. The lowest BCUT2D eigenvalue weighted by Crippen LogP contribution is -2.47. The molecule has 2 unspecified atom stereocenters. The molecule has 0 N–H and O–H groups in total. The van der Waals surface area contributed by atoms with Gasteiger partial charge in [-0.1, -0.05) is 71.1 Å². The smallest absolute Gasteiger partial charge is 0.410 e. The summed E-state index contributed by atoms with van der Waals surface area (Å²) in [4.78, 5) is 12.8. The molecule has 4 heterocycles. The van der Waals surface area contributed by atoms with Crippen molar-refractivity contribution in [1.82, 2.24) is 15.0 Å². The number of nitrogens with zero attached hydrogens (tertiary/aromatic N) is 3. The molecule has 2 aromatic rings. The molecule has 2 aliphatic heterocycles. The van der Waals surface area contributed by atoms with Crippen molar-refractivity contribution < 1.29 is 27.1 Å².